The maximum absolute atomic E-state index is 12.5. The Morgan fingerprint density at radius 3 is 2.71 bits per heavy atom. The molecule has 1 fully saturated rings. The third-order valence-corrected chi connectivity index (χ3v) is 5.35. The molecule has 24 heavy (non-hydrogen) atoms. The number of amides is 1. The Kier molecular flexibility index (Phi) is 5.69. The highest BCUT2D eigenvalue weighted by molar-refractivity contribution is 7.98. The molecular weight excluding hydrogens is 340 g/mol. The van der Waals surface area contributed by atoms with E-state index in [0.717, 1.165) is 23.5 Å². The lowest BCUT2D eigenvalue weighted by Gasteiger charge is -2.21. The van der Waals surface area contributed by atoms with Gasteiger partial charge in [0.25, 0.3) is 5.91 Å². The van der Waals surface area contributed by atoms with Crippen molar-refractivity contribution in [3.63, 3.8) is 0 Å². The summed E-state index contributed by atoms with van der Waals surface area (Å²) in [7, 11) is 0. The average Bonchev–Trinajstić information content (AvgIpc) is 3.15. The fourth-order valence-electron chi connectivity index (χ4n) is 3.00. The minimum atomic E-state index is -0.132. The first-order chi connectivity index (χ1) is 11.7. The van der Waals surface area contributed by atoms with E-state index in [9.17, 15) is 4.79 Å². The van der Waals surface area contributed by atoms with Gasteiger partial charge in [-0.05, 0) is 48.9 Å². The van der Waals surface area contributed by atoms with Gasteiger partial charge in [0.05, 0.1) is 10.6 Å². The fraction of sp³-hybridized carbons (Fsp3) is 0.316. The van der Waals surface area contributed by atoms with Gasteiger partial charge in [0.15, 0.2) is 0 Å². The number of rotatable bonds is 5. The molecule has 3 rings (SSSR count). The Labute approximate surface area is 152 Å². The predicted octanol–water partition coefficient (Wildman–Crippen LogP) is 4.59. The van der Waals surface area contributed by atoms with Crippen LogP contribution >= 0.6 is 23.4 Å². The molecule has 0 aliphatic carbocycles. The van der Waals surface area contributed by atoms with Gasteiger partial charge in [-0.15, -0.1) is 11.8 Å². The zero-order valence-electron chi connectivity index (χ0n) is 13.7. The summed E-state index contributed by atoms with van der Waals surface area (Å²) in [6, 6.07) is 13.8. The van der Waals surface area contributed by atoms with Gasteiger partial charge >= 0.3 is 0 Å². The fourth-order valence-corrected chi connectivity index (χ4v) is 3.65. The molecule has 1 amide bonds. The Hall–Kier alpha value is -1.65. The lowest BCUT2D eigenvalue weighted by atomic mass is 10.1. The molecule has 0 atom stereocenters. The number of anilines is 1. The van der Waals surface area contributed by atoms with E-state index in [1.54, 1.807) is 17.8 Å². The van der Waals surface area contributed by atoms with Gasteiger partial charge in [0.1, 0.15) is 0 Å². The van der Waals surface area contributed by atoms with Gasteiger partial charge in [0, 0.05) is 30.2 Å². The third-order valence-electron chi connectivity index (χ3n) is 4.30. The molecule has 0 radical (unpaired) electrons. The normalized spacial score (nSPS) is 14.0. The number of hydrogen-bond donors (Lipinski definition) is 1. The maximum atomic E-state index is 12.5. The summed E-state index contributed by atoms with van der Waals surface area (Å²) in [5.74, 6) is -0.132. The van der Waals surface area contributed by atoms with Crippen LogP contribution in [0.3, 0.4) is 0 Å². The zero-order chi connectivity index (χ0) is 16.9. The predicted molar refractivity (Wildman–Crippen MR) is 102 cm³/mol. The second-order valence-electron chi connectivity index (χ2n) is 5.85. The highest BCUT2D eigenvalue weighted by Crippen LogP contribution is 2.25. The van der Waals surface area contributed by atoms with Crippen molar-refractivity contribution in [2.45, 2.75) is 24.3 Å². The standard InChI is InChI=1S/C19H21ClN2OS/c1-24-15-8-9-17(20)16(12-15)19(23)21-13-14-6-2-3-7-18(14)22-10-4-5-11-22/h2-3,6-9,12H,4-5,10-11,13H2,1H3,(H,21,23). The van der Waals surface area contributed by atoms with E-state index in [4.69, 9.17) is 11.6 Å². The van der Waals surface area contributed by atoms with Crippen molar-refractivity contribution >= 4 is 35.0 Å². The number of para-hydroxylation sites is 1. The van der Waals surface area contributed by atoms with E-state index in [1.807, 2.05) is 24.5 Å². The van der Waals surface area contributed by atoms with Crippen LogP contribution in [0.15, 0.2) is 47.4 Å². The molecule has 1 saturated heterocycles. The molecule has 5 heteroatoms. The molecule has 0 saturated carbocycles. The summed E-state index contributed by atoms with van der Waals surface area (Å²) in [6.45, 7) is 2.68. The molecule has 1 aliphatic heterocycles. The smallest absolute Gasteiger partial charge is 0.253 e. The highest BCUT2D eigenvalue weighted by Gasteiger charge is 2.16. The molecule has 0 bridgehead atoms. The summed E-state index contributed by atoms with van der Waals surface area (Å²) in [6.07, 6.45) is 4.45. The van der Waals surface area contributed by atoms with Gasteiger partial charge in [-0.25, -0.2) is 0 Å². The first-order valence-electron chi connectivity index (χ1n) is 8.13. The van der Waals surface area contributed by atoms with Crippen molar-refractivity contribution in [3.05, 3.63) is 58.6 Å². The first kappa shape index (κ1) is 17.2. The molecule has 1 heterocycles. The first-order valence-corrected chi connectivity index (χ1v) is 9.74. The Balaban J connectivity index is 1.73. The van der Waals surface area contributed by atoms with Crippen molar-refractivity contribution in [1.29, 1.82) is 0 Å². The number of halogens is 1. The van der Waals surface area contributed by atoms with Crippen LogP contribution < -0.4 is 10.2 Å². The maximum Gasteiger partial charge on any atom is 0.253 e. The van der Waals surface area contributed by atoms with E-state index in [0.29, 0.717) is 17.1 Å². The summed E-state index contributed by atoms with van der Waals surface area (Å²) in [5.41, 5.74) is 2.89. The average molecular weight is 361 g/mol. The van der Waals surface area contributed by atoms with Crippen LogP contribution in [0.4, 0.5) is 5.69 Å². The number of carbonyl (C=O) groups is 1. The van der Waals surface area contributed by atoms with Crippen LogP contribution in [0, 0.1) is 0 Å². The van der Waals surface area contributed by atoms with Gasteiger partial charge < -0.3 is 10.2 Å². The lowest BCUT2D eigenvalue weighted by Crippen LogP contribution is -2.25. The molecule has 2 aromatic carbocycles. The van der Waals surface area contributed by atoms with E-state index in [-0.39, 0.29) is 5.91 Å². The van der Waals surface area contributed by atoms with Crippen molar-refractivity contribution < 1.29 is 4.79 Å². The van der Waals surface area contributed by atoms with Gasteiger partial charge in [0.2, 0.25) is 0 Å². The molecule has 126 valence electrons. The number of nitrogens with zero attached hydrogens (tertiary/aromatic N) is 1. The summed E-state index contributed by atoms with van der Waals surface area (Å²) < 4.78 is 0. The zero-order valence-corrected chi connectivity index (χ0v) is 15.3. The SMILES string of the molecule is CSc1ccc(Cl)c(C(=O)NCc2ccccc2N2CCCC2)c1. The van der Waals surface area contributed by atoms with Crippen molar-refractivity contribution in [2.24, 2.45) is 0 Å². The monoisotopic (exact) mass is 360 g/mol. The van der Waals surface area contributed by atoms with Crippen molar-refractivity contribution in [3.8, 4) is 0 Å². The number of carbonyl (C=O) groups excluding carboxylic acids is 1. The van der Waals surface area contributed by atoms with Gasteiger partial charge in [-0.3, -0.25) is 4.79 Å². The molecule has 1 N–H and O–H groups in total. The van der Waals surface area contributed by atoms with Crippen LogP contribution in [0.1, 0.15) is 28.8 Å². The Morgan fingerprint density at radius 2 is 1.96 bits per heavy atom. The van der Waals surface area contributed by atoms with Crippen LogP contribution in [0.5, 0.6) is 0 Å². The molecular formula is C19H21ClN2OS. The van der Waals surface area contributed by atoms with Crippen LogP contribution in [0.25, 0.3) is 0 Å². The molecule has 0 aromatic heterocycles. The van der Waals surface area contributed by atoms with Crippen LogP contribution in [0.2, 0.25) is 5.02 Å². The topological polar surface area (TPSA) is 32.3 Å². The minimum absolute atomic E-state index is 0.132. The van der Waals surface area contributed by atoms with Crippen LogP contribution in [-0.4, -0.2) is 25.3 Å². The number of hydrogen-bond acceptors (Lipinski definition) is 3. The quantitative estimate of drug-likeness (QED) is 0.791. The molecule has 0 spiro atoms. The molecule has 2 aromatic rings. The second kappa shape index (κ2) is 7.95. The summed E-state index contributed by atoms with van der Waals surface area (Å²) >= 11 is 7.78. The molecule has 0 unspecified atom stereocenters. The summed E-state index contributed by atoms with van der Waals surface area (Å²) in [5, 5.41) is 3.50. The highest BCUT2D eigenvalue weighted by atomic mass is 35.5. The van der Waals surface area contributed by atoms with Crippen molar-refractivity contribution in [2.75, 3.05) is 24.2 Å². The Bertz CT molecular complexity index is 729. The third kappa shape index (κ3) is 3.87. The number of thioether (sulfide) groups is 1. The van der Waals surface area contributed by atoms with E-state index < -0.39 is 0 Å². The lowest BCUT2D eigenvalue weighted by molar-refractivity contribution is 0.0951. The second-order valence-corrected chi connectivity index (χ2v) is 7.14. The molecule has 1 aliphatic rings. The number of nitrogens with one attached hydrogen (secondary N) is 1. The Morgan fingerprint density at radius 1 is 1.21 bits per heavy atom. The van der Waals surface area contributed by atoms with Crippen molar-refractivity contribution in [1.82, 2.24) is 5.32 Å². The summed E-state index contributed by atoms with van der Waals surface area (Å²) in [4.78, 5) is 15.9. The van der Waals surface area contributed by atoms with E-state index >= 15 is 0 Å². The largest absolute Gasteiger partial charge is 0.371 e. The van der Waals surface area contributed by atoms with Crippen LogP contribution in [-0.2, 0) is 6.54 Å². The number of benzene rings is 2. The van der Waals surface area contributed by atoms with E-state index in [1.165, 1.54) is 18.5 Å². The van der Waals surface area contributed by atoms with Gasteiger partial charge in [-0.2, -0.15) is 0 Å². The van der Waals surface area contributed by atoms with Gasteiger partial charge in [-0.1, -0.05) is 29.8 Å². The molecule has 3 nitrogen and oxygen atoms in total. The minimum Gasteiger partial charge on any atom is -0.371 e. The van der Waals surface area contributed by atoms with E-state index in [2.05, 4.69) is 28.4 Å².